The Balaban J connectivity index is 1.84. The van der Waals surface area contributed by atoms with E-state index in [2.05, 4.69) is 16.7 Å². The summed E-state index contributed by atoms with van der Waals surface area (Å²) in [6, 6.07) is 1.97. The van der Waals surface area contributed by atoms with Crippen LogP contribution in [0.1, 0.15) is 48.9 Å². The third kappa shape index (κ3) is 2.92. The highest BCUT2D eigenvalue weighted by Crippen LogP contribution is 2.38. The van der Waals surface area contributed by atoms with Gasteiger partial charge in [-0.1, -0.05) is 6.07 Å². The molecule has 0 heterocycles. The number of methoxy groups -OCH3 is 1. The van der Waals surface area contributed by atoms with E-state index in [9.17, 15) is 9.59 Å². The highest BCUT2D eigenvalue weighted by atomic mass is 16.5. The molecule has 2 amide bonds. The fourth-order valence-electron chi connectivity index (χ4n) is 3.70. The molecular formula is C18H24N2O3. The molecule has 23 heavy (non-hydrogen) atoms. The Hall–Kier alpha value is -2.04. The van der Waals surface area contributed by atoms with Gasteiger partial charge >= 0.3 is 12.0 Å². The number of esters is 1. The molecule has 0 fully saturated rings. The zero-order valence-corrected chi connectivity index (χ0v) is 14.0. The second-order valence-corrected chi connectivity index (χ2v) is 6.93. The molecule has 0 atom stereocenters. The molecule has 5 nitrogen and oxygen atoms in total. The van der Waals surface area contributed by atoms with E-state index in [1.54, 1.807) is 13.8 Å². The molecule has 0 bridgehead atoms. The van der Waals surface area contributed by atoms with Crippen molar-refractivity contribution in [2.45, 2.75) is 57.9 Å². The van der Waals surface area contributed by atoms with Crippen LogP contribution in [0.25, 0.3) is 0 Å². The van der Waals surface area contributed by atoms with E-state index < -0.39 is 11.5 Å². The predicted octanol–water partition coefficient (Wildman–Crippen LogP) is 2.74. The van der Waals surface area contributed by atoms with Crippen molar-refractivity contribution in [3.05, 3.63) is 28.3 Å². The van der Waals surface area contributed by atoms with Gasteiger partial charge < -0.3 is 15.4 Å². The lowest BCUT2D eigenvalue weighted by Gasteiger charge is -2.24. The quantitative estimate of drug-likeness (QED) is 0.843. The van der Waals surface area contributed by atoms with Gasteiger partial charge in [0.15, 0.2) is 0 Å². The van der Waals surface area contributed by atoms with Crippen LogP contribution in [0.4, 0.5) is 10.5 Å². The van der Waals surface area contributed by atoms with Gasteiger partial charge in [0, 0.05) is 5.69 Å². The van der Waals surface area contributed by atoms with E-state index in [1.807, 2.05) is 0 Å². The van der Waals surface area contributed by atoms with Crippen molar-refractivity contribution >= 4 is 17.7 Å². The van der Waals surface area contributed by atoms with Crippen molar-refractivity contribution < 1.29 is 14.3 Å². The maximum absolute atomic E-state index is 12.4. The topological polar surface area (TPSA) is 67.4 Å². The van der Waals surface area contributed by atoms with Crippen LogP contribution in [0.2, 0.25) is 0 Å². The second-order valence-electron chi connectivity index (χ2n) is 6.93. The third-order valence-corrected chi connectivity index (χ3v) is 4.83. The van der Waals surface area contributed by atoms with E-state index in [1.165, 1.54) is 29.4 Å². The normalized spacial score (nSPS) is 15.8. The van der Waals surface area contributed by atoms with Gasteiger partial charge in [-0.15, -0.1) is 0 Å². The van der Waals surface area contributed by atoms with Crippen molar-refractivity contribution in [1.29, 1.82) is 0 Å². The monoisotopic (exact) mass is 316 g/mol. The number of fused-ring (bicyclic) bond motifs is 2. The summed E-state index contributed by atoms with van der Waals surface area (Å²) in [5.74, 6) is -0.462. The van der Waals surface area contributed by atoms with Crippen LogP contribution >= 0.6 is 0 Å². The molecule has 2 aliphatic carbocycles. The van der Waals surface area contributed by atoms with Gasteiger partial charge in [0.25, 0.3) is 0 Å². The number of hydrogen-bond acceptors (Lipinski definition) is 3. The molecular weight excluding hydrogens is 292 g/mol. The summed E-state index contributed by atoms with van der Waals surface area (Å²) < 4.78 is 4.73. The molecule has 124 valence electrons. The SMILES string of the molecule is COC(=O)C(C)(C)NC(=O)Nc1c2c(cc3c1CCC3)CCC2. The molecule has 3 rings (SSSR count). The molecule has 2 N–H and O–H groups in total. The number of aryl methyl sites for hydroxylation is 2. The minimum absolute atomic E-state index is 0.352. The molecule has 0 unspecified atom stereocenters. The van der Waals surface area contributed by atoms with Crippen molar-refractivity contribution in [2.75, 3.05) is 12.4 Å². The lowest BCUT2D eigenvalue weighted by molar-refractivity contribution is -0.146. The number of rotatable bonds is 3. The van der Waals surface area contributed by atoms with Gasteiger partial charge in [-0.3, -0.25) is 0 Å². The fraction of sp³-hybridized carbons (Fsp3) is 0.556. The Labute approximate surface area is 136 Å². The van der Waals surface area contributed by atoms with Crippen molar-refractivity contribution in [2.24, 2.45) is 0 Å². The van der Waals surface area contributed by atoms with E-state index >= 15 is 0 Å². The smallest absolute Gasteiger partial charge is 0.331 e. The average molecular weight is 316 g/mol. The van der Waals surface area contributed by atoms with Crippen molar-refractivity contribution in [3.8, 4) is 0 Å². The van der Waals surface area contributed by atoms with Crippen LogP contribution in [-0.4, -0.2) is 24.6 Å². The van der Waals surface area contributed by atoms with Crippen LogP contribution in [0, 0.1) is 0 Å². The second kappa shape index (κ2) is 5.87. The van der Waals surface area contributed by atoms with Gasteiger partial charge in [0.05, 0.1) is 7.11 Å². The molecule has 1 aromatic carbocycles. The minimum atomic E-state index is -1.06. The van der Waals surface area contributed by atoms with Crippen LogP contribution in [-0.2, 0) is 35.2 Å². The Morgan fingerprint density at radius 3 is 2.13 bits per heavy atom. The molecule has 1 aromatic rings. The summed E-state index contributed by atoms with van der Waals surface area (Å²) in [6.45, 7) is 3.27. The first kappa shape index (κ1) is 15.8. The molecule has 0 aromatic heterocycles. The van der Waals surface area contributed by atoms with Gasteiger partial charge in [-0.2, -0.15) is 0 Å². The van der Waals surface area contributed by atoms with Crippen LogP contribution in [0.15, 0.2) is 6.07 Å². The molecule has 5 heteroatoms. The average Bonchev–Trinajstić information content (AvgIpc) is 3.13. The van der Waals surface area contributed by atoms with Gasteiger partial charge in [0.2, 0.25) is 0 Å². The Morgan fingerprint density at radius 1 is 1.04 bits per heavy atom. The first-order valence-electron chi connectivity index (χ1n) is 8.26. The molecule has 0 aliphatic heterocycles. The van der Waals surface area contributed by atoms with Gasteiger partial charge in [-0.05, 0) is 74.6 Å². The largest absolute Gasteiger partial charge is 0.467 e. The number of carbonyl (C=O) groups excluding carboxylic acids is 2. The maximum Gasteiger partial charge on any atom is 0.331 e. The van der Waals surface area contributed by atoms with Crippen molar-refractivity contribution in [3.63, 3.8) is 0 Å². The predicted molar refractivity (Wildman–Crippen MR) is 88.7 cm³/mol. The number of nitrogens with one attached hydrogen (secondary N) is 2. The maximum atomic E-state index is 12.4. The lowest BCUT2D eigenvalue weighted by Crippen LogP contribution is -2.51. The number of benzene rings is 1. The Bertz CT molecular complexity index is 632. The van der Waals surface area contributed by atoms with Crippen LogP contribution < -0.4 is 10.6 Å². The first-order valence-corrected chi connectivity index (χ1v) is 8.26. The zero-order chi connectivity index (χ0) is 16.6. The van der Waals surface area contributed by atoms with E-state index in [0.29, 0.717) is 0 Å². The lowest BCUT2D eigenvalue weighted by atomic mass is 9.98. The first-order chi connectivity index (χ1) is 10.9. The Kier molecular flexibility index (Phi) is 4.04. The standard InChI is InChI=1S/C18H24N2O3/c1-18(2,16(21)23-3)20-17(22)19-15-13-8-4-6-11(13)10-12-7-5-9-14(12)15/h10H,4-9H2,1-3H3,(H2,19,20,22). The number of ether oxygens (including phenoxy) is 1. The highest BCUT2D eigenvalue weighted by Gasteiger charge is 2.31. The third-order valence-electron chi connectivity index (χ3n) is 4.83. The molecule has 0 spiro atoms. The molecule has 2 aliphatic rings. The van der Waals surface area contributed by atoms with Gasteiger partial charge in [0.1, 0.15) is 5.54 Å². The van der Waals surface area contributed by atoms with E-state index in [4.69, 9.17) is 4.74 Å². The Morgan fingerprint density at radius 2 is 1.61 bits per heavy atom. The minimum Gasteiger partial charge on any atom is -0.467 e. The fourth-order valence-corrected chi connectivity index (χ4v) is 3.70. The number of anilines is 1. The summed E-state index contributed by atoms with van der Waals surface area (Å²) in [6.07, 6.45) is 6.49. The molecule has 0 saturated carbocycles. The number of urea groups is 1. The molecule has 0 radical (unpaired) electrons. The van der Waals surface area contributed by atoms with Crippen LogP contribution in [0.5, 0.6) is 0 Å². The van der Waals surface area contributed by atoms with E-state index in [-0.39, 0.29) is 6.03 Å². The van der Waals surface area contributed by atoms with Crippen LogP contribution in [0.3, 0.4) is 0 Å². The number of hydrogen-bond donors (Lipinski definition) is 2. The summed E-state index contributed by atoms with van der Waals surface area (Å²) >= 11 is 0. The summed E-state index contributed by atoms with van der Waals surface area (Å²) in [5, 5.41) is 5.73. The number of amides is 2. The number of carbonyl (C=O) groups is 2. The molecule has 0 saturated heterocycles. The summed E-state index contributed by atoms with van der Waals surface area (Å²) in [4.78, 5) is 24.1. The summed E-state index contributed by atoms with van der Waals surface area (Å²) in [7, 11) is 1.32. The highest BCUT2D eigenvalue weighted by molar-refractivity contribution is 5.95. The van der Waals surface area contributed by atoms with E-state index in [0.717, 1.165) is 44.2 Å². The summed E-state index contributed by atoms with van der Waals surface area (Å²) in [5.41, 5.74) is 5.21. The zero-order valence-electron chi connectivity index (χ0n) is 14.0. The van der Waals surface area contributed by atoms with Gasteiger partial charge in [-0.25, -0.2) is 9.59 Å². The van der Waals surface area contributed by atoms with Crippen molar-refractivity contribution in [1.82, 2.24) is 5.32 Å².